The third-order valence-electron chi connectivity index (χ3n) is 2.10. The molecule has 0 aliphatic rings. The lowest BCUT2D eigenvalue weighted by Gasteiger charge is -2.18. The van der Waals surface area contributed by atoms with Crippen LogP contribution in [0.4, 0.5) is 0 Å². The van der Waals surface area contributed by atoms with Crippen LogP contribution in [0.15, 0.2) is 5.16 Å². The maximum absolute atomic E-state index is 3.94. The molecular formula is C8H17N5S. The Balaban J connectivity index is 2.48. The van der Waals surface area contributed by atoms with Crippen LogP contribution in [0.1, 0.15) is 20.8 Å². The molecule has 1 aromatic rings. The average molecular weight is 215 g/mol. The highest BCUT2D eigenvalue weighted by atomic mass is 32.2. The van der Waals surface area contributed by atoms with E-state index in [2.05, 4.69) is 41.6 Å². The van der Waals surface area contributed by atoms with E-state index in [9.17, 15) is 0 Å². The van der Waals surface area contributed by atoms with Crippen LogP contribution in [0.5, 0.6) is 0 Å². The monoisotopic (exact) mass is 215 g/mol. The van der Waals surface area contributed by atoms with Crippen LogP contribution in [-0.4, -0.2) is 38.0 Å². The normalized spacial score (nSPS) is 15.4. The molecule has 1 N–H and O–H groups in total. The van der Waals surface area contributed by atoms with Gasteiger partial charge in [0.15, 0.2) is 0 Å². The highest BCUT2D eigenvalue weighted by Gasteiger charge is 2.15. The number of thioether (sulfide) groups is 1. The lowest BCUT2D eigenvalue weighted by molar-refractivity contribution is 0.560. The Morgan fingerprint density at radius 2 is 2.21 bits per heavy atom. The number of tetrazole rings is 1. The minimum absolute atomic E-state index is 0.458. The summed E-state index contributed by atoms with van der Waals surface area (Å²) >= 11 is 1.69. The molecule has 2 unspecified atom stereocenters. The first-order valence-corrected chi connectivity index (χ1v) is 5.65. The Morgan fingerprint density at radius 1 is 1.50 bits per heavy atom. The fourth-order valence-corrected chi connectivity index (χ4v) is 1.98. The van der Waals surface area contributed by atoms with E-state index in [1.165, 1.54) is 0 Å². The molecule has 5 nitrogen and oxygen atoms in total. The first-order chi connectivity index (χ1) is 6.65. The number of aromatic nitrogens is 4. The molecular weight excluding hydrogens is 198 g/mol. The van der Waals surface area contributed by atoms with Gasteiger partial charge in [0.2, 0.25) is 5.16 Å². The van der Waals surface area contributed by atoms with Gasteiger partial charge in [-0.25, -0.2) is 4.68 Å². The molecule has 0 aliphatic heterocycles. The van der Waals surface area contributed by atoms with E-state index in [1.54, 1.807) is 16.4 Å². The average Bonchev–Trinajstić information content (AvgIpc) is 2.52. The van der Waals surface area contributed by atoms with Gasteiger partial charge in [-0.05, 0) is 23.9 Å². The molecule has 6 heteroatoms. The molecule has 0 saturated carbocycles. The molecule has 0 amide bonds. The van der Waals surface area contributed by atoms with Crippen molar-refractivity contribution in [2.24, 2.45) is 7.05 Å². The maximum atomic E-state index is 3.94. The molecule has 1 rings (SSSR count). The summed E-state index contributed by atoms with van der Waals surface area (Å²) in [4.78, 5) is 0. The number of hydrogen-bond donors (Lipinski definition) is 1. The maximum Gasteiger partial charge on any atom is 0.209 e. The third kappa shape index (κ3) is 2.95. The first-order valence-electron chi connectivity index (χ1n) is 4.77. The van der Waals surface area contributed by atoms with Gasteiger partial charge in [-0.1, -0.05) is 25.6 Å². The van der Waals surface area contributed by atoms with Gasteiger partial charge in [-0.2, -0.15) is 0 Å². The second-order valence-corrected chi connectivity index (χ2v) is 4.60. The van der Waals surface area contributed by atoms with Crippen molar-refractivity contribution in [3.05, 3.63) is 0 Å². The Hall–Kier alpha value is -0.620. The van der Waals surface area contributed by atoms with Gasteiger partial charge in [-0.3, -0.25) is 0 Å². The van der Waals surface area contributed by atoms with Crippen molar-refractivity contribution in [3.63, 3.8) is 0 Å². The Morgan fingerprint density at radius 3 is 2.71 bits per heavy atom. The van der Waals surface area contributed by atoms with Crippen molar-refractivity contribution in [2.75, 3.05) is 6.54 Å². The third-order valence-corrected chi connectivity index (χ3v) is 3.44. The summed E-state index contributed by atoms with van der Waals surface area (Å²) in [6.45, 7) is 7.44. The van der Waals surface area contributed by atoms with Crippen LogP contribution in [0.3, 0.4) is 0 Å². The van der Waals surface area contributed by atoms with E-state index in [1.807, 2.05) is 7.05 Å². The number of rotatable bonds is 5. The van der Waals surface area contributed by atoms with Crippen LogP contribution < -0.4 is 5.32 Å². The summed E-state index contributed by atoms with van der Waals surface area (Å²) < 4.78 is 1.69. The van der Waals surface area contributed by atoms with E-state index < -0.39 is 0 Å². The van der Waals surface area contributed by atoms with E-state index in [0.29, 0.717) is 11.3 Å². The quantitative estimate of drug-likeness (QED) is 0.732. The van der Waals surface area contributed by atoms with Gasteiger partial charge < -0.3 is 5.32 Å². The van der Waals surface area contributed by atoms with Gasteiger partial charge in [0, 0.05) is 18.3 Å². The fourth-order valence-electron chi connectivity index (χ4n) is 1.08. The smallest absolute Gasteiger partial charge is 0.209 e. The molecule has 0 bridgehead atoms. The second-order valence-electron chi connectivity index (χ2n) is 3.25. The number of nitrogens with zero attached hydrogens (tertiary/aromatic N) is 4. The lowest BCUT2D eigenvalue weighted by Crippen LogP contribution is -2.33. The van der Waals surface area contributed by atoms with Gasteiger partial charge >= 0.3 is 0 Å². The number of nitrogens with one attached hydrogen (secondary N) is 1. The van der Waals surface area contributed by atoms with E-state index in [-0.39, 0.29) is 0 Å². The summed E-state index contributed by atoms with van der Waals surface area (Å²) in [5, 5.41) is 16.0. The highest BCUT2D eigenvalue weighted by molar-refractivity contribution is 7.99. The minimum Gasteiger partial charge on any atom is -0.313 e. The summed E-state index contributed by atoms with van der Waals surface area (Å²) in [5.41, 5.74) is 0. The molecule has 80 valence electrons. The summed E-state index contributed by atoms with van der Waals surface area (Å²) in [6.07, 6.45) is 0. The van der Waals surface area contributed by atoms with Crippen molar-refractivity contribution >= 4 is 11.8 Å². The lowest BCUT2D eigenvalue weighted by atomic mass is 10.2. The van der Waals surface area contributed by atoms with Crippen molar-refractivity contribution in [3.8, 4) is 0 Å². The van der Waals surface area contributed by atoms with Crippen LogP contribution in [0.25, 0.3) is 0 Å². The van der Waals surface area contributed by atoms with Crippen molar-refractivity contribution in [2.45, 2.75) is 37.2 Å². The molecule has 2 atom stereocenters. The van der Waals surface area contributed by atoms with E-state index in [4.69, 9.17) is 0 Å². The molecule has 0 spiro atoms. The molecule has 1 heterocycles. The van der Waals surface area contributed by atoms with Crippen LogP contribution >= 0.6 is 11.8 Å². The number of aryl methyl sites for hydroxylation is 1. The minimum atomic E-state index is 0.458. The van der Waals surface area contributed by atoms with Crippen LogP contribution in [0, 0.1) is 0 Å². The molecule has 0 aromatic carbocycles. The fraction of sp³-hybridized carbons (Fsp3) is 0.875. The van der Waals surface area contributed by atoms with Crippen molar-refractivity contribution < 1.29 is 0 Å². The zero-order valence-corrected chi connectivity index (χ0v) is 9.88. The predicted octanol–water partition coefficient (Wildman–Crippen LogP) is 0.689. The van der Waals surface area contributed by atoms with Crippen LogP contribution in [0.2, 0.25) is 0 Å². The molecule has 1 aromatic heterocycles. The largest absolute Gasteiger partial charge is 0.313 e. The van der Waals surface area contributed by atoms with Gasteiger partial charge in [0.25, 0.3) is 0 Å². The topological polar surface area (TPSA) is 55.6 Å². The van der Waals surface area contributed by atoms with Crippen LogP contribution in [-0.2, 0) is 7.05 Å². The SMILES string of the molecule is CCNC(C)C(C)Sc1nnnn1C. The molecule has 0 aliphatic carbocycles. The predicted molar refractivity (Wildman–Crippen MR) is 57.3 cm³/mol. The summed E-state index contributed by atoms with van der Waals surface area (Å²) in [6, 6.07) is 0.460. The Labute approximate surface area is 88.6 Å². The molecule has 0 saturated heterocycles. The van der Waals surface area contributed by atoms with E-state index >= 15 is 0 Å². The number of hydrogen-bond acceptors (Lipinski definition) is 5. The van der Waals surface area contributed by atoms with Gasteiger partial charge in [-0.15, -0.1) is 5.10 Å². The summed E-state index contributed by atoms with van der Waals surface area (Å²) in [5.74, 6) is 0. The van der Waals surface area contributed by atoms with Gasteiger partial charge in [0.1, 0.15) is 0 Å². The van der Waals surface area contributed by atoms with Crippen molar-refractivity contribution in [1.29, 1.82) is 0 Å². The molecule has 14 heavy (non-hydrogen) atoms. The standard InChI is InChI=1S/C8H17N5S/c1-5-9-6(2)7(3)14-8-10-11-12-13(8)4/h6-7,9H,5H2,1-4H3. The van der Waals surface area contributed by atoms with E-state index in [0.717, 1.165) is 11.7 Å². The zero-order chi connectivity index (χ0) is 10.6. The van der Waals surface area contributed by atoms with Crippen molar-refractivity contribution in [1.82, 2.24) is 25.5 Å². The molecule has 0 fully saturated rings. The Kier molecular flexibility index (Phi) is 4.34. The first kappa shape index (κ1) is 11.5. The molecule has 0 radical (unpaired) electrons. The second kappa shape index (κ2) is 5.31. The Bertz CT molecular complexity index is 274. The summed E-state index contributed by atoms with van der Waals surface area (Å²) in [7, 11) is 1.85. The zero-order valence-electron chi connectivity index (χ0n) is 9.06. The van der Waals surface area contributed by atoms with Gasteiger partial charge in [0.05, 0.1) is 0 Å². The highest BCUT2D eigenvalue weighted by Crippen LogP contribution is 2.21.